The van der Waals surface area contributed by atoms with Gasteiger partial charge in [-0.3, -0.25) is 0 Å². The summed E-state index contributed by atoms with van der Waals surface area (Å²) in [5, 5.41) is 0. The molecule has 0 amide bonds. The monoisotopic (exact) mass is 361 g/mol. The Morgan fingerprint density at radius 2 is 1.76 bits per heavy atom. The SMILES string of the molecule is CCC(NS(=O)(=O)c1cc(C(C)C)c(OC)cc1C)c1ccccc1. The van der Waals surface area contributed by atoms with E-state index in [1.807, 2.05) is 51.1 Å². The minimum atomic E-state index is -3.64. The number of methoxy groups -OCH3 is 1. The van der Waals surface area contributed by atoms with Crippen molar-refractivity contribution in [3.8, 4) is 5.75 Å². The van der Waals surface area contributed by atoms with Crippen molar-refractivity contribution in [2.75, 3.05) is 7.11 Å². The summed E-state index contributed by atoms with van der Waals surface area (Å²) in [5.74, 6) is 0.891. The number of nitrogens with one attached hydrogen (secondary N) is 1. The quantitative estimate of drug-likeness (QED) is 0.787. The van der Waals surface area contributed by atoms with Crippen molar-refractivity contribution in [3.05, 3.63) is 59.2 Å². The zero-order chi connectivity index (χ0) is 18.6. The van der Waals surface area contributed by atoms with Gasteiger partial charge in [0.25, 0.3) is 0 Å². The van der Waals surface area contributed by atoms with E-state index in [2.05, 4.69) is 4.72 Å². The second-order valence-electron chi connectivity index (χ2n) is 6.51. The van der Waals surface area contributed by atoms with E-state index in [-0.39, 0.29) is 12.0 Å². The Hall–Kier alpha value is -1.85. The number of benzene rings is 2. The van der Waals surface area contributed by atoms with E-state index in [0.717, 1.165) is 16.9 Å². The van der Waals surface area contributed by atoms with Crippen LogP contribution in [0.2, 0.25) is 0 Å². The van der Waals surface area contributed by atoms with Gasteiger partial charge in [0, 0.05) is 6.04 Å². The molecule has 25 heavy (non-hydrogen) atoms. The molecule has 5 heteroatoms. The highest BCUT2D eigenvalue weighted by Gasteiger charge is 2.24. The van der Waals surface area contributed by atoms with Crippen molar-refractivity contribution in [2.24, 2.45) is 0 Å². The van der Waals surface area contributed by atoms with Gasteiger partial charge >= 0.3 is 0 Å². The van der Waals surface area contributed by atoms with Crippen LogP contribution in [0.3, 0.4) is 0 Å². The predicted molar refractivity (Wildman–Crippen MR) is 102 cm³/mol. The molecule has 136 valence electrons. The molecule has 0 radical (unpaired) electrons. The fourth-order valence-electron chi connectivity index (χ4n) is 2.92. The van der Waals surface area contributed by atoms with Gasteiger partial charge in [0.2, 0.25) is 10.0 Å². The van der Waals surface area contributed by atoms with Crippen LogP contribution in [0.15, 0.2) is 47.4 Å². The molecule has 0 heterocycles. The summed E-state index contributed by atoms with van der Waals surface area (Å²) in [6, 6.07) is 12.9. The largest absolute Gasteiger partial charge is 0.496 e. The first-order chi connectivity index (χ1) is 11.8. The van der Waals surface area contributed by atoms with Crippen LogP contribution >= 0.6 is 0 Å². The lowest BCUT2D eigenvalue weighted by molar-refractivity contribution is 0.406. The van der Waals surface area contributed by atoms with Gasteiger partial charge in [0.1, 0.15) is 5.75 Å². The van der Waals surface area contributed by atoms with Crippen LogP contribution < -0.4 is 9.46 Å². The molecule has 0 bridgehead atoms. The van der Waals surface area contributed by atoms with Gasteiger partial charge in [-0.05, 0) is 48.1 Å². The van der Waals surface area contributed by atoms with Crippen LogP contribution in [0, 0.1) is 6.92 Å². The first-order valence-corrected chi connectivity index (χ1v) is 10.0. The van der Waals surface area contributed by atoms with Gasteiger partial charge in [0.05, 0.1) is 12.0 Å². The number of hydrogen-bond acceptors (Lipinski definition) is 3. The summed E-state index contributed by atoms with van der Waals surface area (Å²) in [6.45, 7) is 7.82. The molecular formula is C20H27NO3S. The third kappa shape index (κ3) is 4.41. The molecule has 0 spiro atoms. The number of ether oxygens (including phenoxy) is 1. The predicted octanol–water partition coefficient (Wildman–Crippen LogP) is 4.56. The van der Waals surface area contributed by atoms with E-state index in [4.69, 9.17) is 4.74 Å². The third-order valence-corrected chi connectivity index (χ3v) is 5.96. The fourth-order valence-corrected chi connectivity index (χ4v) is 4.49. The lowest BCUT2D eigenvalue weighted by atomic mass is 10.0. The van der Waals surface area contributed by atoms with Crippen molar-refractivity contribution in [2.45, 2.75) is 51.0 Å². The Kier molecular flexibility index (Phi) is 6.25. The topological polar surface area (TPSA) is 55.4 Å². The van der Waals surface area contributed by atoms with Crippen LogP contribution in [0.1, 0.15) is 55.8 Å². The van der Waals surface area contributed by atoms with Crippen molar-refractivity contribution in [3.63, 3.8) is 0 Å². The van der Waals surface area contributed by atoms with E-state index in [1.165, 1.54) is 0 Å². The average Bonchev–Trinajstić information content (AvgIpc) is 2.59. The molecular weight excluding hydrogens is 334 g/mol. The highest BCUT2D eigenvalue weighted by Crippen LogP contribution is 2.32. The molecule has 0 aromatic heterocycles. The maximum Gasteiger partial charge on any atom is 0.241 e. The van der Waals surface area contributed by atoms with E-state index >= 15 is 0 Å². The lowest BCUT2D eigenvalue weighted by Crippen LogP contribution is -2.29. The van der Waals surface area contributed by atoms with Crippen molar-refractivity contribution >= 4 is 10.0 Å². The molecule has 2 rings (SSSR count). The number of sulfonamides is 1. The van der Waals surface area contributed by atoms with Crippen molar-refractivity contribution < 1.29 is 13.2 Å². The van der Waals surface area contributed by atoms with Gasteiger partial charge in [-0.1, -0.05) is 51.1 Å². The molecule has 1 unspecified atom stereocenters. The first kappa shape index (κ1) is 19.5. The second kappa shape index (κ2) is 8.02. The Balaban J connectivity index is 2.44. The molecule has 0 saturated heterocycles. The van der Waals surface area contributed by atoms with Crippen LogP contribution in [0.4, 0.5) is 0 Å². The van der Waals surface area contributed by atoms with Gasteiger partial charge in [-0.25, -0.2) is 13.1 Å². The molecule has 1 atom stereocenters. The smallest absolute Gasteiger partial charge is 0.241 e. The summed E-state index contributed by atoms with van der Waals surface area (Å²) in [5.41, 5.74) is 2.53. The summed E-state index contributed by atoms with van der Waals surface area (Å²) in [6.07, 6.45) is 0.676. The van der Waals surface area contributed by atoms with Crippen LogP contribution in [0.5, 0.6) is 5.75 Å². The third-order valence-electron chi connectivity index (χ3n) is 4.35. The maximum absolute atomic E-state index is 13.0. The van der Waals surface area contributed by atoms with E-state index < -0.39 is 10.0 Å². The highest BCUT2D eigenvalue weighted by molar-refractivity contribution is 7.89. The zero-order valence-electron chi connectivity index (χ0n) is 15.5. The summed E-state index contributed by atoms with van der Waals surface area (Å²) in [7, 11) is -2.03. The van der Waals surface area contributed by atoms with Gasteiger partial charge in [-0.2, -0.15) is 0 Å². The standard InChI is InChI=1S/C20H27NO3S/c1-6-18(16-10-8-7-9-11-16)21-25(22,23)20-13-17(14(2)3)19(24-5)12-15(20)4/h7-14,18,21H,6H2,1-5H3. The van der Waals surface area contributed by atoms with Crippen molar-refractivity contribution in [1.29, 1.82) is 0 Å². The number of aryl methyl sites for hydroxylation is 1. The van der Waals surface area contributed by atoms with E-state index in [9.17, 15) is 8.42 Å². The molecule has 4 nitrogen and oxygen atoms in total. The molecule has 0 fully saturated rings. The van der Waals surface area contributed by atoms with Crippen LogP contribution in [-0.2, 0) is 10.0 Å². The van der Waals surface area contributed by atoms with Crippen LogP contribution in [-0.4, -0.2) is 15.5 Å². The maximum atomic E-state index is 13.0. The van der Waals surface area contributed by atoms with E-state index in [1.54, 1.807) is 26.2 Å². The number of hydrogen-bond donors (Lipinski definition) is 1. The average molecular weight is 362 g/mol. The zero-order valence-corrected chi connectivity index (χ0v) is 16.4. The van der Waals surface area contributed by atoms with Gasteiger partial charge < -0.3 is 4.74 Å². The first-order valence-electron chi connectivity index (χ1n) is 8.56. The lowest BCUT2D eigenvalue weighted by Gasteiger charge is -2.20. The molecule has 1 N–H and O–H groups in total. The van der Waals surface area contributed by atoms with Crippen LogP contribution in [0.25, 0.3) is 0 Å². The molecule has 2 aromatic rings. The molecule has 0 saturated carbocycles. The summed E-state index contributed by atoms with van der Waals surface area (Å²) >= 11 is 0. The minimum absolute atomic E-state index is 0.167. The fraction of sp³-hybridized carbons (Fsp3) is 0.400. The van der Waals surface area contributed by atoms with Crippen molar-refractivity contribution in [1.82, 2.24) is 4.72 Å². The Bertz CT molecular complexity index is 814. The molecule has 0 aliphatic heterocycles. The minimum Gasteiger partial charge on any atom is -0.496 e. The highest BCUT2D eigenvalue weighted by atomic mass is 32.2. The van der Waals surface area contributed by atoms with E-state index in [0.29, 0.717) is 16.9 Å². The summed E-state index contributed by atoms with van der Waals surface area (Å²) in [4.78, 5) is 0.311. The second-order valence-corrected chi connectivity index (χ2v) is 8.19. The molecule has 2 aromatic carbocycles. The normalized spacial score (nSPS) is 13.0. The number of rotatable bonds is 7. The van der Waals surface area contributed by atoms with Gasteiger partial charge in [-0.15, -0.1) is 0 Å². The van der Waals surface area contributed by atoms with Gasteiger partial charge in [0.15, 0.2) is 0 Å². The summed E-state index contributed by atoms with van der Waals surface area (Å²) < 4.78 is 34.3. The molecule has 0 aliphatic rings. The molecule has 0 aliphatic carbocycles. The Morgan fingerprint density at radius 3 is 2.28 bits per heavy atom. The Labute approximate surface area is 151 Å². The Morgan fingerprint density at radius 1 is 1.12 bits per heavy atom.